The van der Waals surface area contributed by atoms with Crippen LogP contribution in [-0.4, -0.2) is 22.4 Å². The Balaban J connectivity index is 1.51. The number of hydrogen-bond donors (Lipinski definition) is 2. The molecule has 3 saturated carbocycles. The number of aliphatic hydroxyl groups is 2. The second kappa shape index (κ2) is 7.97. The zero-order valence-corrected chi connectivity index (χ0v) is 19.7. The minimum atomic E-state index is -0.133. The molecule has 4 aliphatic carbocycles. The van der Waals surface area contributed by atoms with Crippen molar-refractivity contribution >= 4 is 0 Å². The van der Waals surface area contributed by atoms with Crippen LogP contribution >= 0.6 is 0 Å². The van der Waals surface area contributed by atoms with Crippen LogP contribution in [0.1, 0.15) is 98.8 Å². The maximum Gasteiger partial charge on any atom is 0.0577 e. The second-order valence-corrected chi connectivity index (χ2v) is 12.3. The lowest BCUT2D eigenvalue weighted by atomic mass is 9.47. The molecule has 0 aromatic carbocycles. The summed E-state index contributed by atoms with van der Waals surface area (Å²) in [5.41, 5.74) is 2.33. The predicted molar refractivity (Wildman–Crippen MR) is 120 cm³/mol. The molecule has 0 aromatic heterocycles. The van der Waals surface area contributed by atoms with Gasteiger partial charge in [-0.1, -0.05) is 46.3 Å². The lowest BCUT2D eigenvalue weighted by molar-refractivity contribution is -0.0681. The number of fused-ring (bicyclic) bond motifs is 5. The fourth-order valence-electron chi connectivity index (χ4n) is 8.58. The quantitative estimate of drug-likeness (QED) is 0.525. The summed E-state index contributed by atoms with van der Waals surface area (Å²) >= 11 is 0. The van der Waals surface area contributed by atoms with Crippen LogP contribution in [0, 0.1) is 46.3 Å². The summed E-state index contributed by atoms with van der Waals surface area (Å²) in [6.07, 6.45) is 14.1. The van der Waals surface area contributed by atoms with Crippen LogP contribution in [0.5, 0.6) is 0 Å². The number of rotatable bonds is 5. The van der Waals surface area contributed by atoms with E-state index in [1.54, 1.807) is 5.57 Å². The number of allylic oxidation sites excluding steroid dienone is 1. The minimum Gasteiger partial charge on any atom is -0.393 e. The number of aliphatic hydroxyl groups excluding tert-OH is 2. The van der Waals surface area contributed by atoms with E-state index in [1.165, 1.54) is 38.5 Å². The first-order chi connectivity index (χ1) is 13.7. The lowest BCUT2D eigenvalue weighted by Crippen LogP contribution is -2.51. The van der Waals surface area contributed by atoms with E-state index in [4.69, 9.17) is 0 Å². The van der Waals surface area contributed by atoms with Gasteiger partial charge in [0.05, 0.1) is 12.2 Å². The molecule has 4 aliphatic rings. The zero-order chi connectivity index (χ0) is 21.0. The van der Waals surface area contributed by atoms with Gasteiger partial charge in [-0.2, -0.15) is 0 Å². The maximum absolute atomic E-state index is 11.0. The van der Waals surface area contributed by atoms with Crippen LogP contribution in [0.25, 0.3) is 0 Å². The molecule has 3 fully saturated rings. The summed E-state index contributed by atoms with van der Waals surface area (Å²) in [7, 11) is 0. The van der Waals surface area contributed by atoms with Gasteiger partial charge in [0, 0.05) is 0 Å². The lowest BCUT2D eigenvalue weighted by Gasteiger charge is -2.58. The van der Waals surface area contributed by atoms with E-state index in [-0.39, 0.29) is 12.2 Å². The van der Waals surface area contributed by atoms with Crippen molar-refractivity contribution in [3.63, 3.8) is 0 Å². The third-order valence-corrected chi connectivity index (χ3v) is 10.4. The highest BCUT2D eigenvalue weighted by Crippen LogP contribution is 2.67. The molecule has 4 rings (SSSR count). The van der Waals surface area contributed by atoms with Gasteiger partial charge in [0.1, 0.15) is 0 Å². The maximum atomic E-state index is 11.0. The fraction of sp³-hybridized carbons (Fsp3) is 0.926. The molecule has 2 unspecified atom stereocenters. The van der Waals surface area contributed by atoms with E-state index in [1.807, 2.05) is 0 Å². The molecule has 0 heterocycles. The molecule has 0 radical (unpaired) electrons. The molecule has 2 heteroatoms. The van der Waals surface area contributed by atoms with Crippen molar-refractivity contribution in [1.82, 2.24) is 0 Å². The van der Waals surface area contributed by atoms with Crippen molar-refractivity contribution in [3.8, 4) is 0 Å². The monoisotopic (exact) mass is 402 g/mol. The summed E-state index contributed by atoms with van der Waals surface area (Å²) in [5, 5.41) is 21.2. The average molecular weight is 403 g/mol. The highest BCUT2D eigenvalue weighted by molar-refractivity contribution is 5.25. The van der Waals surface area contributed by atoms with Gasteiger partial charge in [0.2, 0.25) is 0 Å². The van der Waals surface area contributed by atoms with Gasteiger partial charge in [0.15, 0.2) is 0 Å². The minimum absolute atomic E-state index is 0.108. The Hall–Kier alpha value is -0.340. The highest BCUT2D eigenvalue weighted by Gasteiger charge is 2.59. The van der Waals surface area contributed by atoms with Crippen molar-refractivity contribution in [2.45, 2.75) is 111 Å². The fourth-order valence-corrected chi connectivity index (χ4v) is 8.58. The smallest absolute Gasteiger partial charge is 0.0577 e. The van der Waals surface area contributed by atoms with Gasteiger partial charge >= 0.3 is 0 Å². The van der Waals surface area contributed by atoms with Crippen molar-refractivity contribution < 1.29 is 10.2 Å². The van der Waals surface area contributed by atoms with E-state index in [2.05, 4.69) is 40.7 Å². The van der Waals surface area contributed by atoms with Gasteiger partial charge in [-0.15, -0.1) is 0 Å². The first-order valence-corrected chi connectivity index (χ1v) is 12.7. The largest absolute Gasteiger partial charge is 0.393 e. The summed E-state index contributed by atoms with van der Waals surface area (Å²) < 4.78 is 0. The first-order valence-electron chi connectivity index (χ1n) is 12.7. The van der Waals surface area contributed by atoms with E-state index in [9.17, 15) is 10.2 Å². The van der Waals surface area contributed by atoms with Crippen LogP contribution in [0.15, 0.2) is 11.6 Å². The van der Waals surface area contributed by atoms with Gasteiger partial charge in [-0.05, 0) is 111 Å². The van der Waals surface area contributed by atoms with Gasteiger partial charge in [-0.3, -0.25) is 0 Å². The highest BCUT2D eigenvalue weighted by atomic mass is 16.3. The summed E-state index contributed by atoms with van der Waals surface area (Å²) in [4.78, 5) is 0. The molecule has 2 N–H and O–H groups in total. The predicted octanol–water partition coefficient (Wildman–Crippen LogP) is 6.36. The van der Waals surface area contributed by atoms with Crippen LogP contribution in [0.3, 0.4) is 0 Å². The molecular weight excluding hydrogens is 356 g/mol. The van der Waals surface area contributed by atoms with Crippen LogP contribution in [0.4, 0.5) is 0 Å². The molecular formula is C27H46O2. The second-order valence-electron chi connectivity index (χ2n) is 12.3. The Labute approximate surface area is 179 Å². The molecule has 0 saturated heterocycles. The van der Waals surface area contributed by atoms with Gasteiger partial charge in [0.25, 0.3) is 0 Å². The Morgan fingerprint density at radius 3 is 2.48 bits per heavy atom. The summed E-state index contributed by atoms with van der Waals surface area (Å²) in [5.74, 6) is 4.25. The Kier molecular flexibility index (Phi) is 6.01. The molecule has 0 aliphatic heterocycles. The van der Waals surface area contributed by atoms with Crippen molar-refractivity contribution in [1.29, 1.82) is 0 Å². The Bertz CT molecular complexity index is 624. The molecule has 9 atom stereocenters. The van der Waals surface area contributed by atoms with Crippen molar-refractivity contribution in [2.24, 2.45) is 46.3 Å². The summed E-state index contributed by atoms with van der Waals surface area (Å²) in [6.45, 7) is 12.0. The zero-order valence-electron chi connectivity index (χ0n) is 19.7. The third-order valence-electron chi connectivity index (χ3n) is 10.4. The van der Waals surface area contributed by atoms with Crippen molar-refractivity contribution in [2.75, 3.05) is 0 Å². The van der Waals surface area contributed by atoms with Gasteiger partial charge < -0.3 is 10.2 Å². The SMILES string of the molecule is CC(C)CC[C@@H](O)[C@@H](C)C1CC[C@H]2C3CC=C4C[C@@H](O)CC[C@]4(C)[C@H]3CC[C@]12C. The molecule has 166 valence electrons. The topological polar surface area (TPSA) is 40.5 Å². The molecule has 29 heavy (non-hydrogen) atoms. The Morgan fingerprint density at radius 2 is 1.76 bits per heavy atom. The van der Waals surface area contributed by atoms with Crippen LogP contribution < -0.4 is 0 Å². The normalized spacial score (nSPS) is 46.5. The van der Waals surface area contributed by atoms with Gasteiger partial charge in [-0.25, -0.2) is 0 Å². The molecule has 2 nitrogen and oxygen atoms in total. The number of hydrogen-bond acceptors (Lipinski definition) is 2. The van der Waals surface area contributed by atoms with Crippen molar-refractivity contribution in [3.05, 3.63) is 11.6 Å². The molecule has 0 bridgehead atoms. The standard InChI is InChI=1S/C27H46O2/c1-17(2)6-11-25(29)18(3)22-9-10-23-21-8-7-19-16-20(28)12-14-26(19,4)24(21)13-15-27(22,23)5/h7,17-18,20-25,28-29H,6,8-16H2,1-5H3/t18-,20-,21?,22?,23-,24-,25+,26-,27+/m0/s1. The van der Waals surface area contributed by atoms with Crippen LogP contribution in [0.2, 0.25) is 0 Å². The van der Waals surface area contributed by atoms with E-state index < -0.39 is 0 Å². The van der Waals surface area contributed by atoms with E-state index in [0.717, 1.165) is 43.4 Å². The van der Waals surface area contributed by atoms with Crippen LogP contribution in [-0.2, 0) is 0 Å². The third kappa shape index (κ3) is 3.65. The van der Waals surface area contributed by atoms with E-state index in [0.29, 0.717) is 28.6 Å². The van der Waals surface area contributed by atoms with E-state index >= 15 is 0 Å². The summed E-state index contributed by atoms with van der Waals surface area (Å²) in [6, 6.07) is 0. The molecule has 0 amide bonds. The molecule has 0 spiro atoms. The molecule has 0 aromatic rings. The first kappa shape index (κ1) is 21.9. The average Bonchev–Trinajstić information content (AvgIpc) is 3.03. The Morgan fingerprint density at radius 1 is 1.00 bits per heavy atom.